The number of ether oxygens (including phenoxy) is 3. The SMILES string of the molecule is CC(=O)O[C@H]1C[C@@H](C(=O)NC(C)C(=O)OCc2ccccc2)[C@]2(C)CC[C@@H]3C(=O)O[C@@H](c4ccoc4)C[C@]3(C)C2C1=O. The number of nitrogens with one attached hydrogen (secondary N) is 1. The number of ketones is 1. The van der Waals surface area contributed by atoms with Crippen LogP contribution in [-0.4, -0.2) is 41.7 Å². The minimum Gasteiger partial charge on any atom is -0.472 e. The Hall–Kier alpha value is -3.95. The van der Waals surface area contributed by atoms with Gasteiger partial charge in [-0.2, -0.15) is 0 Å². The van der Waals surface area contributed by atoms with E-state index >= 15 is 0 Å². The summed E-state index contributed by atoms with van der Waals surface area (Å²) < 4.78 is 21.9. The number of rotatable bonds is 7. The van der Waals surface area contributed by atoms with Gasteiger partial charge in [0.15, 0.2) is 11.9 Å². The van der Waals surface area contributed by atoms with Crippen molar-refractivity contribution >= 4 is 29.6 Å². The van der Waals surface area contributed by atoms with E-state index in [1.165, 1.54) is 19.5 Å². The first kappa shape index (κ1) is 29.5. The molecular formula is C32H37NO9. The van der Waals surface area contributed by atoms with Crippen LogP contribution in [-0.2, 0) is 44.8 Å². The van der Waals surface area contributed by atoms with Crippen molar-refractivity contribution in [2.75, 3.05) is 0 Å². The molecule has 42 heavy (non-hydrogen) atoms. The summed E-state index contributed by atoms with van der Waals surface area (Å²) in [6.07, 6.45) is 2.42. The number of hydrogen-bond donors (Lipinski definition) is 1. The number of carbonyl (C=O) groups is 5. The van der Waals surface area contributed by atoms with Crippen LogP contribution in [0.25, 0.3) is 0 Å². The van der Waals surface area contributed by atoms with Crippen molar-refractivity contribution in [3.63, 3.8) is 0 Å². The normalized spacial score (nSPS) is 32.9. The van der Waals surface area contributed by atoms with Crippen LogP contribution in [0.2, 0.25) is 0 Å². The maximum atomic E-state index is 14.1. The zero-order chi connectivity index (χ0) is 30.2. The average Bonchev–Trinajstić information content (AvgIpc) is 3.48. The Kier molecular flexibility index (Phi) is 8.00. The van der Waals surface area contributed by atoms with E-state index in [1.807, 2.05) is 44.2 Å². The smallest absolute Gasteiger partial charge is 0.328 e. The monoisotopic (exact) mass is 579 g/mol. The molecule has 2 unspecified atom stereocenters. The lowest BCUT2D eigenvalue weighted by molar-refractivity contribution is -0.208. The number of cyclic esters (lactones) is 1. The number of hydrogen-bond acceptors (Lipinski definition) is 9. The number of benzene rings is 1. The van der Waals surface area contributed by atoms with E-state index in [1.54, 1.807) is 13.0 Å². The molecule has 2 aliphatic carbocycles. The second-order valence-corrected chi connectivity index (χ2v) is 12.3. The third-order valence-electron chi connectivity index (χ3n) is 9.58. The van der Waals surface area contributed by atoms with Crippen molar-refractivity contribution < 1.29 is 42.6 Å². The van der Waals surface area contributed by atoms with E-state index in [9.17, 15) is 24.0 Å². The highest BCUT2D eigenvalue weighted by Gasteiger charge is 2.67. The molecule has 2 saturated carbocycles. The van der Waals surface area contributed by atoms with Crippen LogP contribution in [0.5, 0.6) is 0 Å². The van der Waals surface area contributed by atoms with Crippen LogP contribution in [0.4, 0.5) is 0 Å². The van der Waals surface area contributed by atoms with Gasteiger partial charge in [0, 0.05) is 30.7 Å². The van der Waals surface area contributed by atoms with Crippen LogP contribution in [0.15, 0.2) is 53.3 Å². The highest BCUT2D eigenvalue weighted by Crippen LogP contribution is 2.65. The first-order valence-corrected chi connectivity index (χ1v) is 14.4. The van der Waals surface area contributed by atoms with Gasteiger partial charge in [-0.05, 0) is 48.6 Å². The summed E-state index contributed by atoms with van der Waals surface area (Å²) in [7, 11) is 0. The molecule has 3 aliphatic rings. The number of esters is 3. The minimum absolute atomic E-state index is 0.0145. The van der Waals surface area contributed by atoms with Crippen molar-refractivity contribution in [1.29, 1.82) is 0 Å². The zero-order valence-corrected chi connectivity index (χ0v) is 24.3. The average molecular weight is 580 g/mol. The molecule has 0 bridgehead atoms. The summed E-state index contributed by atoms with van der Waals surface area (Å²) in [6.45, 7) is 6.64. The molecule has 1 N–H and O–H groups in total. The van der Waals surface area contributed by atoms with Crippen molar-refractivity contribution in [3.8, 4) is 0 Å². The number of amides is 1. The minimum atomic E-state index is -1.16. The largest absolute Gasteiger partial charge is 0.472 e. The lowest BCUT2D eigenvalue weighted by atomic mass is 9.43. The van der Waals surface area contributed by atoms with Crippen molar-refractivity contribution in [2.24, 2.45) is 28.6 Å². The number of Topliss-reactive ketones (excluding diaryl/α,β-unsaturated/α-hetero) is 1. The standard InChI is InChI=1S/C32H37NO9/c1-18(29(37)40-16-20-8-6-5-7-9-20)33-28(36)23-14-24(41-19(2)34)26(35)27-31(23,3)12-10-22-30(38)42-25(15-32(22,27)4)21-11-13-39-17-21/h5-9,11,13,17-18,22-25,27H,10,12,14-16H2,1-4H3,(H,33,36)/t18?,22-,23+,24+,25-,27?,31+,32+/m1/s1. The van der Waals surface area contributed by atoms with Gasteiger partial charge in [0.05, 0.1) is 18.4 Å². The third-order valence-corrected chi connectivity index (χ3v) is 9.58. The van der Waals surface area contributed by atoms with Crippen LogP contribution in [0, 0.1) is 28.6 Å². The molecule has 2 aromatic rings. The van der Waals surface area contributed by atoms with Gasteiger partial charge in [0.1, 0.15) is 18.8 Å². The first-order valence-electron chi connectivity index (χ1n) is 14.4. The van der Waals surface area contributed by atoms with Crippen LogP contribution < -0.4 is 5.32 Å². The summed E-state index contributed by atoms with van der Waals surface area (Å²) >= 11 is 0. The van der Waals surface area contributed by atoms with E-state index < -0.39 is 70.6 Å². The van der Waals surface area contributed by atoms with Gasteiger partial charge in [-0.25, -0.2) is 4.79 Å². The van der Waals surface area contributed by atoms with Gasteiger partial charge < -0.3 is 23.9 Å². The molecule has 1 amide bonds. The second-order valence-electron chi connectivity index (χ2n) is 12.3. The molecule has 1 saturated heterocycles. The van der Waals surface area contributed by atoms with Crippen LogP contribution >= 0.6 is 0 Å². The topological polar surface area (TPSA) is 138 Å². The number of carbonyl (C=O) groups excluding carboxylic acids is 5. The molecule has 1 aliphatic heterocycles. The Bertz CT molecular complexity index is 1360. The van der Waals surface area contributed by atoms with Crippen molar-refractivity contribution in [3.05, 3.63) is 60.1 Å². The predicted octanol–water partition coefficient (Wildman–Crippen LogP) is 4.08. The Labute approximate surface area is 244 Å². The Morgan fingerprint density at radius 3 is 2.50 bits per heavy atom. The van der Waals surface area contributed by atoms with Gasteiger partial charge in [0.25, 0.3) is 0 Å². The van der Waals surface area contributed by atoms with Crippen LogP contribution in [0.1, 0.15) is 70.6 Å². The van der Waals surface area contributed by atoms with Crippen molar-refractivity contribution in [2.45, 2.75) is 78.2 Å². The molecule has 2 heterocycles. The molecule has 3 fully saturated rings. The molecule has 1 aromatic carbocycles. The molecule has 0 spiro atoms. The van der Waals surface area contributed by atoms with Crippen LogP contribution in [0.3, 0.4) is 0 Å². The number of fused-ring (bicyclic) bond motifs is 3. The summed E-state index contributed by atoms with van der Waals surface area (Å²) in [6, 6.07) is 9.99. The van der Waals surface area contributed by atoms with E-state index in [-0.39, 0.29) is 18.8 Å². The van der Waals surface area contributed by atoms with E-state index in [2.05, 4.69) is 5.32 Å². The highest BCUT2D eigenvalue weighted by atomic mass is 16.6. The Morgan fingerprint density at radius 2 is 1.83 bits per heavy atom. The fourth-order valence-corrected chi connectivity index (χ4v) is 7.59. The van der Waals surface area contributed by atoms with Gasteiger partial charge in [-0.1, -0.05) is 44.2 Å². The lowest BCUT2D eigenvalue weighted by Crippen LogP contribution is -2.65. The maximum Gasteiger partial charge on any atom is 0.328 e. The summed E-state index contributed by atoms with van der Waals surface area (Å²) in [5.74, 6) is -4.44. The molecule has 10 nitrogen and oxygen atoms in total. The van der Waals surface area contributed by atoms with Gasteiger partial charge in [-0.15, -0.1) is 0 Å². The van der Waals surface area contributed by atoms with Crippen molar-refractivity contribution in [1.82, 2.24) is 5.32 Å². The lowest BCUT2D eigenvalue weighted by Gasteiger charge is -2.61. The highest BCUT2D eigenvalue weighted by molar-refractivity contribution is 5.94. The van der Waals surface area contributed by atoms with Gasteiger partial charge >= 0.3 is 17.9 Å². The van der Waals surface area contributed by atoms with E-state index in [4.69, 9.17) is 18.6 Å². The summed E-state index contributed by atoms with van der Waals surface area (Å²) in [5, 5.41) is 2.79. The quantitative estimate of drug-likeness (QED) is 0.380. The van der Waals surface area contributed by atoms with E-state index in [0.29, 0.717) is 24.8 Å². The van der Waals surface area contributed by atoms with Gasteiger partial charge in [-0.3, -0.25) is 19.2 Å². The molecule has 1 aromatic heterocycles. The molecule has 224 valence electrons. The fraction of sp³-hybridized carbons (Fsp3) is 0.531. The third kappa shape index (κ3) is 5.34. The molecule has 8 atom stereocenters. The van der Waals surface area contributed by atoms with E-state index in [0.717, 1.165) is 5.56 Å². The molecule has 0 radical (unpaired) electrons. The Balaban J connectivity index is 1.41. The first-order chi connectivity index (χ1) is 19.9. The maximum absolute atomic E-state index is 14.1. The second kappa shape index (κ2) is 11.4. The predicted molar refractivity (Wildman–Crippen MR) is 147 cm³/mol. The fourth-order valence-electron chi connectivity index (χ4n) is 7.59. The van der Waals surface area contributed by atoms with Gasteiger partial charge in [0.2, 0.25) is 5.91 Å². The molecule has 5 rings (SSSR count). The Morgan fingerprint density at radius 1 is 1.10 bits per heavy atom. The number of furan rings is 1. The zero-order valence-electron chi connectivity index (χ0n) is 24.3. The molecular weight excluding hydrogens is 542 g/mol. The molecule has 10 heteroatoms. The summed E-state index contributed by atoms with van der Waals surface area (Å²) in [4.78, 5) is 66.1. The summed E-state index contributed by atoms with van der Waals surface area (Å²) in [5.41, 5.74) is -0.236.